The first kappa shape index (κ1) is 18.3. The van der Waals surface area contributed by atoms with Crippen LogP contribution >= 0.6 is 0 Å². The predicted molar refractivity (Wildman–Crippen MR) is 92.3 cm³/mol. The molecule has 0 bridgehead atoms. The molecule has 0 aliphatic rings. The molecule has 2 rings (SSSR count). The fraction of sp³-hybridized carbons (Fsp3) is 0.389. The highest BCUT2D eigenvalue weighted by atomic mass is 32.2. The van der Waals surface area contributed by atoms with Gasteiger partial charge in [-0.05, 0) is 31.2 Å². The van der Waals surface area contributed by atoms with Crippen LogP contribution in [-0.2, 0) is 14.6 Å². The van der Waals surface area contributed by atoms with E-state index in [1.54, 1.807) is 57.2 Å². The van der Waals surface area contributed by atoms with Crippen molar-refractivity contribution in [1.29, 1.82) is 0 Å². The molecule has 0 saturated carbocycles. The first-order valence-corrected chi connectivity index (χ1v) is 9.29. The summed E-state index contributed by atoms with van der Waals surface area (Å²) in [5.41, 5.74) is 0.381. The van der Waals surface area contributed by atoms with E-state index in [0.29, 0.717) is 5.76 Å². The smallest absolute Gasteiger partial charge is 0.225 e. The number of rotatable bonds is 5. The molecule has 1 aromatic carbocycles. The summed E-state index contributed by atoms with van der Waals surface area (Å²) < 4.78 is 31.3. The van der Waals surface area contributed by atoms with E-state index in [9.17, 15) is 13.2 Å². The van der Waals surface area contributed by atoms with Gasteiger partial charge >= 0.3 is 0 Å². The predicted octanol–water partition coefficient (Wildman–Crippen LogP) is 3.27. The Bertz CT molecular complexity index is 785. The molecule has 0 aliphatic carbocycles. The second-order valence-electron chi connectivity index (χ2n) is 6.82. The van der Waals surface area contributed by atoms with Gasteiger partial charge in [0.05, 0.1) is 11.2 Å². The maximum atomic E-state index is 13.0. The highest BCUT2D eigenvalue weighted by Gasteiger charge is 2.33. The van der Waals surface area contributed by atoms with Gasteiger partial charge in [-0.25, -0.2) is 8.42 Å². The highest BCUT2D eigenvalue weighted by Crippen LogP contribution is 2.29. The number of hydrogen-bond acceptors (Lipinski definition) is 4. The molecule has 1 heterocycles. The summed E-state index contributed by atoms with van der Waals surface area (Å²) in [5, 5.41) is 1.75. The number of nitrogens with one attached hydrogen (secondary N) is 1. The van der Waals surface area contributed by atoms with Crippen LogP contribution in [0.1, 0.15) is 37.3 Å². The molecular weight excluding hydrogens is 326 g/mol. The number of furan rings is 1. The maximum Gasteiger partial charge on any atom is 0.225 e. The third-order valence-corrected chi connectivity index (χ3v) is 5.79. The third-order valence-electron chi connectivity index (χ3n) is 3.71. The van der Waals surface area contributed by atoms with Gasteiger partial charge in [-0.2, -0.15) is 0 Å². The highest BCUT2D eigenvalue weighted by molar-refractivity contribution is 7.91. The van der Waals surface area contributed by atoms with Gasteiger partial charge < -0.3 is 9.73 Å². The third kappa shape index (κ3) is 4.06. The molecule has 5 nitrogen and oxygen atoms in total. The molecule has 24 heavy (non-hydrogen) atoms. The number of carbonyl (C=O) groups is 1. The second-order valence-corrected chi connectivity index (χ2v) is 8.95. The minimum atomic E-state index is -3.69. The first-order chi connectivity index (χ1) is 11.1. The van der Waals surface area contributed by atoms with E-state index >= 15 is 0 Å². The quantitative estimate of drug-likeness (QED) is 0.899. The van der Waals surface area contributed by atoms with Gasteiger partial charge in [0, 0.05) is 12.0 Å². The molecular formula is C18H23NO4S. The Balaban J connectivity index is 2.33. The van der Waals surface area contributed by atoms with E-state index in [0.717, 1.165) is 5.56 Å². The lowest BCUT2D eigenvalue weighted by Crippen LogP contribution is -2.38. The van der Waals surface area contributed by atoms with Crippen LogP contribution in [-0.4, -0.2) is 20.9 Å². The van der Waals surface area contributed by atoms with E-state index in [2.05, 4.69) is 5.32 Å². The minimum absolute atomic E-state index is 0.0418. The van der Waals surface area contributed by atoms with E-state index < -0.39 is 20.5 Å². The van der Waals surface area contributed by atoms with E-state index in [1.165, 1.54) is 6.26 Å². The maximum absolute atomic E-state index is 13.0. The molecule has 130 valence electrons. The zero-order valence-electron chi connectivity index (χ0n) is 14.4. The van der Waals surface area contributed by atoms with Crippen LogP contribution in [0.15, 0.2) is 52.0 Å². The summed E-state index contributed by atoms with van der Waals surface area (Å²) in [6, 6.07) is 9.90. The molecule has 0 spiro atoms. The lowest BCUT2D eigenvalue weighted by molar-refractivity contribution is -0.128. The van der Waals surface area contributed by atoms with Crippen LogP contribution in [0.25, 0.3) is 0 Å². The summed E-state index contributed by atoms with van der Waals surface area (Å²) in [4.78, 5) is 12.3. The molecule has 0 saturated heterocycles. The van der Waals surface area contributed by atoms with Gasteiger partial charge in [0.1, 0.15) is 11.0 Å². The van der Waals surface area contributed by atoms with Crippen molar-refractivity contribution < 1.29 is 17.6 Å². The van der Waals surface area contributed by atoms with Crippen molar-refractivity contribution in [2.24, 2.45) is 5.41 Å². The largest absolute Gasteiger partial charge is 0.468 e. The summed E-state index contributed by atoms with van der Waals surface area (Å²) in [7, 11) is -3.69. The van der Waals surface area contributed by atoms with Gasteiger partial charge in [0.15, 0.2) is 9.84 Å². The summed E-state index contributed by atoms with van der Waals surface area (Å²) in [6.45, 7) is 7.18. The van der Waals surface area contributed by atoms with Crippen LogP contribution in [0.3, 0.4) is 0 Å². The first-order valence-electron chi connectivity index (χ1n) is 7.74. The van der Waals surface area contributed by atoms with Gasteiger partial charge in [-0.1, -0.05) is 38.5 Å². The fourth-order valence-corrected chi connectivity index (χ4v) is 3.77. The number of carbonyl (C=O) groups excluding carboxylic acids is 1. The average Bonchev–Trinajstić information content (AvgIpc) is 3.00. The van der Waals surface area contributed by atoms with Crippen molar-refractivity contribution in [3.8, 4) is 0 Å². The Kier molecular flexibility index (Phi) is 5.18. The summed E-state index contributed by atoms with van der Waals surface area (Å²) in [5.74, 6) is 0.1000. The van der Waals surface area contributed by atoms with Crippen LogP contribution < -0.4 is 5.32 Å². The van der Waals surface area contributed by atoms with Crippen LogP contribution in [0.4, 0.5) is 0 Å². The van der Waals surface area contributed by atoms with E-state index in [4.69, 9.17) is 4.42 Å². The number of amides is 1. The zero-order valence-corrected chi connectivity index (χ0v) is 15.2. The Hall–Kier alpha value is -2.08. The van der Waals surface area contributed by atoms with Crippen molar-refractivity contribution >= 4 is 15.7 Å². The van der Waals surface area contributed by atoms with Crippen molar-refractivity contribution in [2.75, 3.05) is 6.54 Å². The molecule has 1 unspecified atom stereocenters. The number of hydrogen-bond donors (Lipinski definition) is 1. The van der Waals surface area contributed by atoms with Crippen molar-refractivity contribution in [2.45, 2.75) is 37.8 Å². The van der Waals surface area contributed by atoms with E-state index in [1.807, 2.05) is 6.92 Å². The van der Waals surface area contributed by atoms with E-state index in [-0.39, 0.29) is 17.3 Å². The monoisotopic (exact) mass is 349 g/mol. The van der Waals surface area contributed by atoms with Crippen LogP contribution in [0.2, 0.25) is 0 Å². The van der Waals surface area contributed by atoms with Gasteiger partial charge in [-0.15, -0.1) is 0 Å². The molecule has 1 amide bonds. The Morgan fingerprint density at radius 2 is 1.79 bits per heavy atom. The van der Waals surface area contributed by atoms with Crippen molar-refractivity contribution in [3.05, 3.63) is 54.0 Å². The molecule has 1 aromatic heterocycles. The fourth-order valence-electron chi connectivity index (χ4n) is 2.18. The average molecular weight is 349 g/mol. The molecule has 0 aliphatic heterocycles. The number of aryl methyl sites for hydroxylation is 1. The van der Waals surface area contributed by atoms with Gasteiger partial charge in [0.2, 0.25) is 5.91 Å². The Morgan fingerprint density at radius 1 is 1.17 bits per heavy atom. The number of benzene rings is 1. The van der Waals surface area contributed by atoms with Crippen LogP contribution in [0, 0.1) is 12.3 Å². The SMILES string of the molecule is Cc1ccc(S(=O)(=O)C(CNC(=O)C(C)(C)C)c2ccco2)cc1. The summed E-state index contributed by atoms with van der Waals surface area (Å²) >= 11 is 0. The van der Waals surface area contributed by atoms with Gasteiger partial charge in [0.25, 0.3) is 0 Å². The second kappa shape index (κ2) is 6.81. The van der Waals surface area contributed by atoms with Crippen molar-refractivity contribution in [3.63, 3.8) is 0 Å². The standard InChI is InChI=1S/C18H23NO4S/c1-13-7-9-14(10-8-13)24(21,22)16(15-6-5-11-23-15)12-19-17(20)18(2,3)4/h5-11,16H,12H2,1-4H3,(H,19,20). The molecule has 0 fully saturated rings. The topological polar surface area (TPSA) is 76.4 Å². The lowest BCUT2D eigenvalue weighted by Gasteiger charge is -2.21. The Morgan fingerprint density at radius 3 is 2.29 bits per heavy atom. The normalized spacial score (nSPS) is 13.5. The van der Waals surface area contributed by atoms with Gasteiger partial charge in [-0.3, -0.25) is 4.79 Å². The minimum Gasteiger partial charge on any atom is -0.468 e. The Labute approximate surface area is 143 Å². The van der Waals surface area contributed by atoms with Crippen LogP contribution in [0.5, 0.6) is 0 Å². The molecule has 0 radical (unpaired) electrons. The molecule has 2 aromatic rings. The summed E-state index contributed by atoms with van der Waals surface area (Å²) in [6.07, 6.45) is 1.43. The number of sulfone groups is 1. The molecule has 6 heteroatoms. The molecule has 1 atom stereocenters. The zero-order chi connectivity index (χ0) is 18.0. The lowest BCUT2D eigenvalue weighted by atomic mass is 9.96. The molecule has 1 N–H and O–H groups in total. The van der Waals surface area contributed by atoms with Crippen molar-refractivity contribution in [1.82, 2.24) is 5.32 Å².